The van der Waals surface area contributed by atoms with Gasteiger partial charge in [0.25, 0.3) is 0 Å². The summed E-state index contributed by atoms with van der Waals surface area (Å²) in [6.45, 7) is 3.05. The van der Waals surface area contributed by atoms with E-state index in [1.54, 1.807) is 18.6 Å². The van der Waals surface area contributed by atoms with Gasteiger partial charge in [-0.05, 0) is 36.8 Å². The van der Waals surface area contributed by atoms with Gasteiger partial charge in [-0.3, -0.25) is 4.79 Å². The molecule has 1 N–H and O–H groups in total. The van der Waals surface area contributed by atoms with E-state index in [2.05, 4.69) is 5.32 Å². The van der Waals surface area contributed by atoms with Crippen molar-refractivity contribution in [2.45, 2.75) is 13.5 Å². The monoisotopic (exact) mass is 271 g/mol. The zero-order chi connectivity index (χ0) is 14.2. The summed E-state index contributed by atoms with van der Waals surface area (Å²) in [7, 11) is 0. The summed E-state index contributed by atoms with van der Waals surface area (Å²) in [6.07, 6.45) is 6.46. The number of hydrogen-bond donors (Lipinski definition) is 1. The van der Waals surface area contributed by atoms with Gasteiger partial charge in [0, 0.05) is 18.2 Å². The van der Waals surface area contributed by atoms with Crippen molar-refractivity contribution in [1.29, 1.82) is 0 Å². The Kier molecular flexibility index (Phi) is 5.00. The summed E-state index contributed by atoms with van der Waals surface area (Å²) in [5.41, 5.74) is 1.89. The zero-order valence-corrected chi connectivity index (χ0v) is 11.3. The average molecular weight is 271 g/mol. The normalized spacial score (nSPS) is 10.7. The molecular formula is C16H17NO3. The fourth-order valence-corrected chi connectivity index (χ4v) is 1.66. The van der Waals surface area contributed by atoms with Gasteiger partial charge in [0.05, 0.1) is 19.1 Å². The molecule has 2 rings (SSSR count). The van der Waals surface area contributed by atoms with Gasteiger partial charge >= 0.3 is 0 Å². The van der Waals surface area contributed by atoms with Gasteiger partial charge in [-0.25, -0.2) is 0 Å². The number of carbonyl (C=O) groups is 1. The second-order valence-corrected chi connectivity index (χ2v) is 4.18. The summed E-state index contributed by atoms with van der Waals surface area (Å²) in [6, 6.07) is 9.39. The van der Waals surface area contributed by atoms with Crippen molar-refractivity contribution >= 4 is 12.0 Å². The lowest BCUT2D eigenvalue weighted by Gasteiger charge is -2.02. The van der Waals surface area contributed by atoms with Crippen molar-refractivity contribution in [1.82, 2.24) is 5.32 Å². The van der Waals surface area contributed by atoms with E-state index in [1.807, 2.05) is 37.3 Å². The summed E-state index contributed by atoms with van der Waals surface area (Å²) in [4.78, 5) is 11.6. The van der Waals surface area contributed by atoms with Crippen molar-refractivity contribution < 1.29 is 13.9 Å². The number of rotatable bonds is 6. The smallest absolute Gasteiger partial charge is 0.244 e. The first-order valence-corrected chi connectivity index (χ1v) is 6.48. The van der Waals surface area contributed by atoms with Crippen molar-refractivity contribution in [3.8, 4) is 5.75 Å². The Hall–Kier alpha value is -2.49. The lowest BCUT2D eigenvalue weighted by molar-refractivity contribution is -0.116. The van der Waals surface area contributed by atoms with Gasteiger partial charge in [-0.2, -0.15) is 0 Å². The van der Waals surface area contributed by atoms with Crippen LogP contribution in [0.5, 0.6) is 5.75 Å². The molecule has 20 heavy (non-hydrogen) atoms. The van der Waals surface area contributed by atoms with E-state index < -0.39 is 0 Å². The molecule has 0 spiro atoms. The minimum absolute atomic E-state index is 0.139. The zero-order valence-electron chi connectivity index (χ0n) is 11.3. The summed E-state index contributed by atoms with van der Waals surface area (Å²) >= 11 is 0. The molecule has 0 unspecified atom stereocenters. The Balaban J connectivity index is 1.83. The predicted molar refractivity (Wildman–Crippen MR) is 77.2 cm³/mol. The Bertz CT molecular complexity index is 556. The molecule has 0 atom stereocenters. The summed E-state index contributed by atoms with van der Waals surface area (Å²) in [5.74, 6) is 0.689. The number of amides is 1. The van der Waals surface area contributed by atoms with Crippen molar-refractivity contribution in [3.05, 3.63) is 60.1 Å². The van der Waals surface area contributed by atoms with Crippen LogP contribution in [-0.4, -0.2) is 12.5 Å². The number of hydrogen-bond acceptors (Lipinski definition) is 3. The minimum atomic E-state index is -0.139. The molecular weight excluding hydrogens is 254 g/mol. The average Bonchev–Trinajstić information content (AvgIpc) is 2.98. The minimum Gasteiger partial charge on any atom is -0.494 e. The van der Waals surface area contributed by atoms with E-state index in [0.29, 0.717) is 13.2 Å². The lowest BCUT2D eigenvalue weighted by Crippen LogP contribution is -2.19. The molecule has 0 aliphatic carbocycles. The largest absolute Gasteiger partial charge is 0.494 e. The van der Waals surface area contributed by atoms with Crippen LogP contribution < -0.4 is 10.1 Å². The van der Waals surface area contributed by atoms with E-state index in [4.69, 9.17) is 9.15 Å². The van der Waals surface area contributed by atoms with Crippen LogP contribution in [-0.2, 0) is 11.3 Å². The van der Waals surface area contributed by atoms with Crippen molar-refractivity contribution in [2.24, 2.45) is 0 Å². The molecule has 1 heterocycles. The highest BCUT2D eigenvalue weighted by atomic mass is 16.5. The van der Waals surface area contributed by atoms with E-state index in [9.17, 15) is 4.79 Å². The Morgan fingerprint density at radius 2 is 2.10 bits per heavy atom. The first kappa shape index (κ1) is 13.9. The fraction of sp³-hybridized carbons (Fsp3) is 0.188. The first-order chi connectivity index (χ1) is 9.78. The number of nitrogens with one attached hydrogen (secondary N) is 1. The first-order valence-electron chi connectivity index (χ1n) is 6.48. The van der Waals surface area contributed by atoms with Crippen LogP contribution in [0.4, 0.5) is 0 Å². The predicted octanol–water partition coefficient (Wildman–Crippen LogP) is 3.01. The quantitative estimate of drug-likeness (QED) is 0.822. The Morgan fingerprint density at radius 1 is 1.30 bits per heavy atom. The van der Waals surface area contributed by atoms with E-state index >= 15 is 0 Å². The van der Waals surface area contributed by atoms with E-state index in [1.165, 1.54) is 6.08 Å². The number of furan rings is 1. The highest BCUT2D eigenvalue weighted by Gasteiger charge is 1.98. The SMILES string of the molecule is CCOc1ccc(/C=C/C(=O)NCc2ccoc2)cc1. The topological polar surface area (TPSA) is 51.5 Å². The summed E-state index contributed by atoms with van der Waals surface area (Å²) in [5, 5.41) is 2.78. The number of carbonyl (C=O) groups excluding carboxylic acids is 1. The van der Waals surface area contributed by atoms with Gasteiger partial charge in [0.1, 0.15) is 5.75 Å². The van der Waals surface area contributed by atoms with E-state index in [-0.39, 0.29) is 5.91 Å². The molecule has 0 saturated heterocycles. The molecule has 0 radical (unpaired) electrons. The molecule has 4 nitrogen and oxygen atoms in total. The van der Waals surface area contributed by atoms with Crippen LogP contribution >= 0.6 is 0 Å². The van der Waals surface area contributed by atoms with Gasteiger partial charge in [-0.1, -0.05) is 12.1 Å². The van der Waals surface area contributed by atoms with Gasteiger partial charge in [0.2, 0.25) is 5.91 Å². The Morgan fingerprint density at radius 3 is 2.75 bits per heavy atom. The molecule has 4 heteroatoms. The maximum Gasteiger partial charge on any atom is 0.244 e. The molecule has 104 valence electrons. The standard InChI is InChI=1S/C16H17NO3/c1-2-20-15-6-3-13(4-7-15)5-8-16(18)17-11-14-9-10-19-12-14/h3-10,12H,2,11H2,1H3,(H,17,18)/b8-5+. The van der Waals surface area contributed by atoms with Crippen molar-refractivity contribution in [2.75, 3.05) is 6.61 Å². The van der Waals surface area contributed by atoms with Gasteiger partial charge in [-0.15, -0.1) is 0 Å². The van der Waals surface area contributed by atoms with Gasteiger partial charge < -0.3 is 14.5 Å². The van der Waals surface area contributed by atoms with Crippen LogP contribution in [0.2, 0.25) is 0 Å². The summed E-state index contributed by atoms with van der Waals surface area (Å²) < 4.78 is 10.3. The maximum atomic E-state index is 11.6. The van der Waals surface area contributed by atoms with Crippen molar-refractivity contribution in [3.63, 3.8) is 0 Å². The molecule has 1 aromatic heterocycles. The number of ether oxygens (including phenoxy) is 1. The second-order valence-electron chi connectivity index (χ2n) is 4.18. The molecule has 0 aliphatic rings. The molecule has 0 fully saturated rings. The van der Waals surface area contributed by atoms with Gasteiger partial charge in [0.15, 0.2) is 0 Å². The third-order valence-corrected chi connectivity index (χ3v) is 2.67. The molecule has 0 saturated carbocycles. The fourth-order valence-electron chi connectivity index (χ4n) is 1.66. The van der Waals surface area contributed by atoms with Crippen LogP contribution in [0, 0.1) is 0 Å². The van der Waals surface area contributed by atoms with Crippen LogP contribution in [0.3, 0.4) is 0 Å². The van der Waals surface area contributed by atoms with Crippen LogP contribution in [0.15, 0.2) is 53.4 Å². The number of benzene rings is 1. The lowest BCUT2D eigenvalue weighted by atomic mass is 10.2. The second kappa shape index (κ2) is 7.19. The Labute approximate surface area is 118 Å². The maximum absolute atomic E-state index is 11.6. The third kappa shape index (κ3) is 4.31. The van der Waals surface area contributed by atoms with Crippen LogP contribution in [0.1, 0.15) is 18.1 Å². The van der Waals surface area contributed by atoms with Crippen LogP contribution in [0.25, 0.3) is 6.08 Å². The van der Waals surface area contributed by atoms with E-state index in [0.717, 1.165) is 16.9 Å². The molecule has 2 aromatic rings. The highest BCUT2D eigenvalue weighted by Crippen LogP contribution is 2.12. The molecule has 0 aliphatic heterocycles. The molecule has 1 aromatic carbocycles. The molecule has 1 amide bonds. The highest BCUT2D eigenvalue weighted by molar-refractivity contribution is 5.91. The third-order valence-electron chi connectivity index (χ3n) is 2.67. The molecule has 0 bridgehead atoms.